The van der Waals surface area contributed by atoms with E-state index in [1.807, 2.05) is 12.1 Å². The average Bonchev–Trinajstić information content (AvgIpc) is 3.10. The van der Waals surface area contributed by atoms with Crippen molar-refractivity contribution in [2.45, 2.75) is 18.4 Å². The van der Waals surface area contributed by atoms with E-state index in [1.165, 1.54) is 11.1 Å². The summed E-state index contributed by atoms with van der Waals surface area (Å²) in [5.74, 6) is 2.40. The Morgan fingerprint density at radius 3 is 2.67 bits per heavy atom. The molecule has 0 radical (unpaired) electrons. The van der Waals surface area contributed by atoms with E-state index in [2.05, 4.69) is 41.7 Å². The fourth-order valence-electron chi connectivity index (χ4n) is 3.94. The fourth-order valence-corrected chi connectivity index (χ4v) is 4.12. The van der Waals surface area contributed by atoms with Gasteiger partial charge < -0.3 is 14.8 Å². The van der Waals surface area contributed by atoms with Crippen molar-refractivity contribution in [2.75, 3.05) is 19.5 Å². The lowest BCUT2D eigenvalue weighted by atomic mass is 9.77. The molecular weight excluding hydrogens is 322 g/mol. The second-order valence-electron chi connectivity index (χ2n) is 6.32. The minimum absolute atomic E-state index is 0.235. The number of halogens is 1. The summed E-state index contributed by atoms with van der Waals surface area (Å²) in [6.45, 7) is 0. The molecule has 2 aromatic rings. The third-order valence-corrected chi connectivity index (χ3v) is 5.33. The number of methoxy groups -OCH3 is 2. The van der Waals surface area contributed by atoms with Crippen LogP contribution in [0.3, 0.4) is 0 Å². The average molecular weight is 342 g/mol. The molecule has 0 fully saturated rings. The number of hydrogen-bond donors (Lipinski definition) is 1. The van der Waals surface area contributed by atoms with E-state index in [0.29, 0.717) is 11.8 Å². The van der Waals surface area contributed by atoms with E-state index < -0.39 is 0 Å². The molecule has 0 unspecified atom stereocenters. The van der Waals surface area contributed by atoms with Crippen molar-refractivity contribution >= 4 is 17.3 Å². The van der Waals surface area contributed by atoms with Gasteiger partial charge in [0, 0.05) is 16.6 Å². The molecule has 2 aliphatic rings. The lowest BCUT2D eigenvalue weighted by molar-refractivity contribution is 0.353. The first kappa shape index (κ1) is 15.4. The Morgan fingerprint density at radius 2 is 1.88 bits per heavy atom. The Morgan fingerprint density at radius 1 is 1.04 bits per heavy atom. The predicted octanol–water partition coefficient (Wildman–Crippen LogP) is 5.18. The molecule has 1 heterocycles. The Kier molecular flexibility index (Phi) is 3.89. The second-order valence-corrected chi connectivity index (χ2v) is 6.76. The standard InChI is InChI=1S/C20H20ClNO2/c1-23-18-9-6-12(10-19(18)24-2)20-15-5-3-4-14(15)16-11-13(21)7-8-17(16)22-20/h3-4,6-11,14-15,20,22H,5H2,1-2H3/t14-,15+,20+/m1/s1. The zero-order valence-electron chi connectivity index (χ0n) is 13.8. The molecule has 4 rings (SSSR count). The van der Waals surface area contributed by atoms with Crippen molar-refractivity contribution in [3.05, 3.63) is 64.7 Å². The summed E-state index contributed by atoms with van der Waals surface area (Å²) in [7, 11) is 3.33. The smallest absolute Gasteiger partial charge is 0.161 e. The number of allylic oxidation sites excluding steroid dienone is 2. The molecule has 0 amide bonds. The van der Waals surface area contributed by atoms with E-state index in [4.69, 9.17) is 21.1 Å². The maximum atomic E-state index is 6.21. The molecule has 0 bridgehead atoms. The zero-order chi connectivity index (χ0) is 16.7. The van der Waals surface area contributed by atoms with Gasteiger partial charge in [-0.15, -0.1) is 0 Å². The van der Waals surface area contributed by atoms with Gasteiger partial charge in [0.15, 0.2) is 11.5 Å². The molecule has 3 nitrogen and oxygen atoms in total. The van der Waals surface area contributed by atoms with Gasteiger partial charge in [-0.25, -0.2) is 0 Å². The molecular formula is C20H20ClNO2. The Labute approximate surface area is 147 Å². The summed E-state index contributed by atoms with van der Waals surface area (Å²) in [5.41, 5.74) is 3.66. The van der Waals surface area contributed by atoms with Crippen LogP contribution in [-0.2, 0) is 0 Å². The number of ether oxygens (including phenoxy) is 2. The van der Waals surface area contributed by atoms with E-state index in [9.17, 15) is 0 Å². The van der Waals surface area contributed by atoms with Gasteiger partial charge in [0.1, 0.15) is 0 Å². The highest BCUT2D eigenvalue weighted by Gasteiger charge is 2.38. The number of fused-ring (bicyclic) bond motifs is 3. The van der Waals surface area contributed by atoms with Gasteiger partial charge in [-0.05, 0) is 53.8 Å². The van der Waals surface area contributed by atoms with Crippen LogP contribution in [0, 0.1) is 5.92 Å². The summed E-state index contributed by atoms with van der Waals surface area (Å²) in [6, 6.07) is 12.5. The van der Waals surface area contributed by atoms with Crippen molar-refractivity contribution < 1.29 is 9.47 Å². The Hall–Kier alpha value is -2.13. The summed E-state index contributed by atoms with van der Waals surface area (Å²) >= 11 is 6.21. The summed E-state index contributed by atoms with van der Waals surface area (Å²) in [5, 5.41) is 4.50. The first-order chi connectivity index (χ1) is 11.7. The molecule has 1 aliphatic carbocycles. The first-order valence-corrected chi connectivity index (χ1v) is 8.53. The Balaban J connectivity index is 1.76. The minimum Gasteiger partial charge on any atom is -0.493 e. The van der Waals surface area contributed by atoms with Crippen LogP contribution in [-0.4, -0.2) is 14.2 Å². The summed E-state index contributed by atoms with van der Waals surface area (Å²) in [6.07, 6.45) is 5.65. The zero-order valence-corrected chi connectivity index (χ0v) is 14.5. The third kappa shape index (κ3) is 2.44. The normalized spacial score (nSPS) is 24.0. The lowest BCUT2D eigenvalue weighted by Gasteiger charge is -2.37. The molecule has 0 spiro atoms. The van der Waals surface area contributed by atoms with Crippen LogP contribution in [0.25, 0.3) is 0 Å². The van der Waals surface area contributed by atoms with Crippen LogP contribution in [0.4, 0.5) is 5.69 Å². The molecule has 0 saturated heterocycles. The minimum atomic E-state index is 0.235. The number of benzene rings is 2. The topological polar surface area (TPSA) is 30.5 Å². The van der Waals surface area contributed by atoms with E-state index in [0.717, 1.165) is 28.6 Å². The first-order valence-electron chi connectivity index (χ1n) is 8.16. The number of anilines is 1. The molecule has 2 aromatic carbocycles. The largest absolute Gasteiger partial charge is 0.493 e. The number of rotatable bonds is 3. The van der Waals surface area contributed by atoms with Crippen LogP contribution >= 0.6 is 11.6 Å². The molecule has 124 valence electrons. The highest BCUT2D eigenvalue weighted by atomic mass is 35.5. The molecule has 1 aliphatic heterocycles. The van der Waals surface area contributed by atoms with Gasteiger partial charge in [-0.2, -0.15) is 0 Å². The highest BCUT2D eigenvalue weighted by molar-refractivity contribution is 6.30. The molecule has 0 aromatic heterocycles. The van der Waals surface area contributed by atoms with Gasteiger partial charge >= 0.3 is 0 Å². The number of nitrogens with one attached hydrogen (secondary N) is 1. The second kappa shape index (κ2) is 6.06. The van der Waals surface area contributed by atoms with Crippen LogP contribution in [0.2, 0.25) is 5.02 Å². The van der Waals surface area contributed by atoms with Crippen molar-refractivity contribution in [2.24, 2.45) is 5.92 Å². The molecule has 0 saturated carbocycles. The highest BCUT2D eigenvalue weighted by Crippen LogP contribution is 2.50. The van der Waals surface area contributed by atoms with Crippen molar-refractivity contribution in [3.63, 3.8) is 0 Å². The van der Waals surface area contributed by atoms with Crippen molar-refractivity contribution in [1.82, 2.24) is 0 Å². The quantitative estimate of drug-likeness (QED) is 0.780. The maximum absolute atomic E-state index is 6.21. The summed E-state index contributed by atoms with van der Waals surface area (Å²) in [4.78, 5) is 0. The maximum Gasteiger partial charge on any atom is 0.161 e. The van der Waals surface area contributed by atoms with Crippen molar-refractivity contribution in [3.8, 4) is 11.5 Å². The molecule has 3 atom stereocenters. The Bertz CT molecular complexity index is 802. The SMILES string of the molecule is COc1ccc([C@@H]2Nc3ccc(Cl)cc3[C@@H]3C=CC[C@@H]32)cc1OC. The van der Waals surface area contributed by atoms with Crippen molar-refractivity contribution in [1.29, 1.82) is 0 Å². The monoisotopic (exact) mass is 341 g/mol. The van der Waals surface area contributed by atoms with Crippen LogP contribution in [0.1, 0.15) is 29.5 Å². The van der Waals surface area contributed by atoms with Gasteiger partial charge in [0.25, 0.3) is 0 Å². The van der Waals surface area contributed by atoms with Crippen LogP contribution in [0.5, 0.6) is 11.5 Å². The van der Waals surface area contributed by atoms with Gasteiger partial charge in [0.2, 0.25) is 0 Å². The molecule has 1 N–H and O–H groups in total. The van der Waals surface area contributed by atoms with E-state index in [1.54, 1.807) is 14.2 Å². The van der Waals surface area contributed by atoms with Gasteiger partial charge in [0.05, 0.1) is 20.3 Å². The molecule has 24 heavy (non-hydrogen) atoms. The third-order valence-electron chi connectivity index (χ3n) is 5.09. The lowest BCUT2D eigenvalue weighted by Crippen LogP contribution is -2.29. The number of hydrogen-bond acceptors (Lipinski definition) is 3. The van der Waals surface area contributed by atoms with Crippen LogP contribution < -0.4 is 14.8 Å². The predicted molar refractivity (Wildman–Crippen MR) is 97.3 cm³/mol. The van der Waals surface area contributed by atoms with Gasteiger partial charge in [-0.3, -0.25) is 0 Å². The molecule has 4 heteroatoms. The van der Waals surface area contributed by atoms with E-state index in [-0.39, 0.29) is 6.04 Å². The fraction of sp³-hybridized carbons (Fsp3) is 0.300. The van der Waals surface area contributed by atoms with E-state index >= 15 is 0 Å². The van der Waals surface area contributed by atoms with Gasteiger partial charge in [-0.1, -0.05) is 29.8 Å². The summed E-state index contributed by atoms with van der Waals surface area (Å²) < 4.78 is 10.8. The van der Waals surface area contributed by atoms with Crippen LogP contribution in [0.15, 0.2) is 48.6 Å².